The van der Waals surface area contributed by atoms with Crippen LogP contribution in [0, 0.1) is 5.41 Å². The van der Waals surface area contributed by atoms with Crippen molar-refractivity contribution in [2.75, 3.05) is 12.8 Å². The largest absolute Gasteiger partial charge is 0.367 e. The Morgan fingerprint density at radius 2 is 2.16 bits per heavy atom. The number of hydrogen-bond acceptors (Lipinski definition) is 4. The van der Waals surface area contributed by atoms with Crippen molar-refractivity contribution < 1.29 is 4.79 Å². The van der Waals surface area contributed by atoms with Gasteiger partial charge in [0.05, 0.1) is 0 Å². The van der Waals surface area contributed by atoms with Gasteiger partial charge < -0.3 is 10.6 Å². The van der Waals surface area contributed by atoms with Gasteiger partial charge in [0.2, 0.25) is 11.9 Å². The lowest BCUT2D eigenvalue weighted by Gasteiger charge is -2.38. The lowest BCUT2D eigenvalue weighted by molar-refractivity contribution is -0.133. The molecule has 1 aromatic heterocycles. The van der Waals surface area contributed by atoms with E-state index >= 15 is 0 Å². The van der Waals surface area contributed by atoms with E-state index in [0.29, 0.717) is 11.5 Å². The van der Waals surface area contributed by atoms with Crippen molar-refractivity contribution >= 4 is 11.9 Å². The van der Waals surface area contributed by atoms with Gasteiger partial charge in [-0.3, -0.25) is 4.79 Å². The number of likely N-dealkylation sites (N-methyl/N-ethyl adjacent to an activating group) is 1. The van der Waals surface area contributed by atoms with E-state index in [-0.39, 0.29) is 18.4 Å². The molecule has 106 valence electrons. The first kappa shape index (κ1) is 13.8. The predicted molar refractivity (Wildman–Crippen MR) is 73.2 cm³/mol. The average Bonchev–Trinajstić information content (AvgIpc) is 2.74. The molecule has 1 amide bonds. The minimum absolute atomic E-state index is 0.0645. The molecule has 0 spiro atoms. The maximum Gasteiger partial charge on any atom is 0.244 e. The number of amides is 1. The highest BCUT2D eigenvalue weighted by Gasteiger charge is 2.30. The van der Waals surface area contributed by atoms with Crippen molar-refractivity contribution in [1.29, 1.82) is 0 Å². The third-order valence-electron chi connectivity index (χ3n) is 4.10. The number of nitrogen functional groups attached to an aromatic ring is 1. The Morgan fingerprint density at radius 1 is 1.53 bits per heavy atom. The summed E-state index contributed by atoms with van der Waals surface area (Å²) in [5.41, 5.74) is 5.85. The highest BCUT2D eigenvalue weighted by Crippen LogP contribution is 2.36. The summed E-state index contributed by atoms with van der Waals surface area (Å²) in [6, 6.07) is 0.349. The zero-order valence-electron chi connectivity index (χ0n) is 12.0. The molecule has 6 heteroatoms. The topological polar surface area (TPSA) is 77.0 Å². The first-order valence-electron chi connectivity index (χ1n) is 6.78. The molecular weight excluding hydrogens is 242 g/mol. The number of rotatable bonds is 3. The number of anilines is 1. The standard InChI is InChI=1S/C13H23N5O/c1-13(2)6-4-10(5-7-13)17(3)11(19)8-18-9-15-12(14)16-18/h9-10H,4-8H2,1-3H3,(H2,14,16). The summed E-state index contributed by atoms with van der Waals surface area (Å²) in [5.74, 6) is 0.268. The van der Waals surface area contributed by atoms with Crippen LogP contribution in [0.5, 0.6) is 0 Å². The zero-order valence-corrected chi connectivity index (χ0v) is 12.0. The molecule has 1 aliphatic rings. The fraction of sp³-hybridized carbons (Fsp3) is 0.769. The summed E-state index contributed by atoms with van der Waals surface area (Å²) in [5, 5.41) is 3.94. The molecule has 0 atom stereocenters. The van der Waals surface area contributed by atoms with E-state index in [4.69, 9.17) is 5.73 Å². The molecule has 0 aliphatic heterocycles. The second kappa shape index (κ2) is 5.19. The quantitative estimate of drug-likeness (QED) is 0.893. The normalized spacial score (nSPS) is 19.3. The molecule has 0 saturated heterocycles. The Balaban J connectivity index is 1.89. The fourth-order valence-electron chi connectivity index (χ4n) is 2.61. The Morgan fingerprint density at radius 3 is 2.68 bits per heavy atom. The maximum absolute atomic E-state index is 12.2. The highest BCUT2D eigenvalue weighted by atomic mass is 16.2. The molecular formula is C13H23N5O. The maximum atomic E-state index is 12.2. The predicted octanol–water partition coefficient (Wildman–Crippen LogP) is 1.29. The molecule has 1 fully saturated rings. The number of nitrogens with two attached hydrogens (primary N) is 1. The Bertz CT molecular complexity index is 444. The van der Waals surface area contributed by atoms with Crippen molar-refractivity contribution in [1.82, 2.24) is 19.7 Å². The minimum atomic E-state index is 0.0645. The molecule has 1 aliphatic carbocycles. The molecule has 1 heterocycles. The minimum Gasteiger partial charge on any atom is -0.367 e. The second-order valence-corrected chi connectivity index (χ2v) is 6.20. The van der Waals surface area contributed by atoms with Crippen molar-refractivity contribution in [3.63, 3.8) is 0 Å². The van der Waals surface area contributed by atoms with Crippen LogP contribution in [0.25, 0.3) is 0 Å². The third-order valence-corrected chi connectivity index (χ3v) is 4.10. The van der Waals surface area contributed by atoms with E-state index in [1.807, 2.05) is 11.9 Å². The first-order valence-corrected chi connectivity index (χ1v) is 6.78. The molecule has 0 aromatic carbocycles. The average molecular weight is 265 g/mol. The van der Waals surface area contributed by atoms with E-state index in [1.54, 1.807) is 0 Å². The van der Waals surface area contributed by atoms with E-state index in [9.17, 15) is 4.79 Å². The third kappa shape index (κ3) is 3.45. The summed E-state index contributed by atoms with van der Waals surface area (Å²) in [6.45, 7) is 4.80. The molecule has 1 saturated carbocycles. The van der Waals surface area contributed by atoms with Gasteiger partial charge in [-0.15, -0.1) is 5.10 Å². The summed E-state index contributed by atoms with van der Waals surface area (Å²) in [7, 11) is 1.88. The Kier molecular flexibility index (Phi) is 3.78. The van der Waals surface area contributed by atoms with Crippen LogP contribution in [0.4, 0.5) is 5.95 Å². The number of aromatic nitrogens is 3. The van der Waals surface area contributed by atoms with Crippen molar-refractivity contribution in [2.45, 2.75) is 52.1 Å². The lowest BCUT2D eigenvalue weighted by Crippen LogP contribution is -2.42. The Hall–Kier alpha value is -1.59. The van der Waals surface area contributed by atoms with E-state index < -0.39 is 0 Å². The fourth-order valence-corrected chi connectivity index (χ4v) is 2.61. The SMILES string of the molecule is CN(C(=O)Cn1cnc(N)n1)C1CCC(C)(C)CC1. The number of hydrogen-bond donors (Lipinski definition) is 1. The molecule has 0 unspecified atom stereocenters. The van der Waals surface area contributed by atoms with Gasteiger partial charge in [0, 0.05) is 13.1 Å². The van der Waals surface area contributed by atoms with Gasteiger partial charge in [0.1, 0.15) is 12.9 Å². The van der Waals surface area contributed by atoms with Gasteiger partial charge in [-0.1, -0.05) is 13.8 Å². The van der Waals surface area contributed by atoms with Crippen molar-refractivity contribution in [3.05, 3.63) is 6.33 Å². The van der Waals surface area contributed by atoms with Gasteiger partial charge in [0.15, 0.2) is 0 Å². The van der Waals surface area contributed by atoms with Gasteiger partial charge in [-0.2, -0.15) is 0 Å². The smallest absolute Gasteiger partial charge is 0.244 e. The Labute approximate surface area is 114 Å². The zero-order chi connectivity index (χ0) is 14.0. The van der Waals surface area contributed by atoms with Gasteiger partial charge in [0.25, 0.3) is 0 Å². The van der Waals surface area contributed by atoms with E-state index in [0.717, 1.165) is 12.8 Å². The molecule has 2 rings (SSSR count). The lowest BCUT2D eigenvalue weighted by atomic mass is 9.75. The van der Waals surface area contributed by atoms with Gasteiger partial charge in [-0.05, 0) is 31.1 Å². The summed E-state index contributed by atoms with van der Waals surface area (Å²) in [6.07, 6.45) is 5.99. The summed E-state index contributed by atoms with van der Waals surface area (Å²) < 4.78 is 1.49. The van der Waals surface area contributed by atoms with Crippen molar-refractivity contribution in [3.8, 4) is 0 Å². The summed E-state index contributed by atoms with van der Waals surface area (Å²) >= 11 is 0. The molecule has 0 bridgehead atoms. The second-order valence-electron chi connectivity index (χ2n) is 6.20. The molecule has 6 nitrogen and oxygen atoms in total. The highest BCUT2D eigenvalue weighted by molar-refractivity contribution is 5.75. The number of carbonyl (C=O) groups is 1. The van der Waals surface area contributed by atoms with E-state index in [2.05, 4.69) is 23.9 Å². The van der Waals surface area contributed by atoms with Crippen LogP contribution in [0.15, 0.2) is 6.33 Å². The van der Waals surface area contributed by atoms with Crippen LogP contribution in [-0.2, 0) is 11.3 Å². The van der Waals surface area contributed by atoms with Gasteiger partial charge in [-0.25, -0.2) is 9.67 Å². The molecule has 1 aromatic rings. The van der Waals surface area contributed by atoms with Crippen LogP contribution in [0.2, 0.25) is 0 Å². The van der Waals surface area contributed by atoms with E-state index in [1.165, 1.54) is 23.9 Å². The number of carbonyl (C=O) groups excluding carboxylic acids is 1. The first-order chi connectivity index (χ1) is 8.87. The number of nitrogens with zero attached hydrogens (tertiary/aromatic N) is 4. The van der Waals surface area contributed by atoms with Gasteiger partial charge >= 0.3 is 0 Å². The monoisotopic (exact) mass is 265 g/mol. The van der Waals surface area contributed by atoms with Crippen LogP contribution in [0.3, 0.4) is 0 Å². The van der Waals surface area contributed by atoms with Crippen molar-refractivity contribution in [2.24, 2.45) is 5.41 Å². The molecule has 19 heavy (non-hydrogen) atoms. The molecule has 0 radical (unpaired) electrons. The van der Waals surface area contributed by atoms with Crippen LogP contribution < -0.4 is 5.73 Å². The van der Waals surface area contributed by atoms with Crippen LogP contribution in [0.1, 0.15) is 39.5 Å². The summed E-state index contributed by atoms with van der Waals surface area (Å²) in [4.78, 5) is 17.9. The van der Waals surface area contributed by atoms with Crippen LogP contribution >= 0.6 is 0 Å². The van der Waals surface area contributed by atoms with Crippen LogP contribution in [-0.4, -0.2) is 38.7 Å². The molecule has 2 N–H and O–H groups in total.